The lowest BCUT2D eigenvalue weighted by Gasteiger charge is -2.23. The summed E-state index contributed by atoms with van der Waals surface area (Å²) in [5, 5.41) is 9.01. The van der Waals surface area contributed by atoms with Crippen LogP contribution in [0.1, 0.15) is 26.3 Å². The van der Waals surface area contributed by atoms with Crippen LogP contribution in [-0.2, 0) is 4.74 Å². The van der Waals surface area contributed by atoms with Crippen molar-refractivity contribution >= 4 is 51.3 Å². The van der Waals surface area contributed by atoms with E-state index in [1.54, 1.807) is 0 Å². The topological polar surface area (TPSA) is 21.6 Å². The predicted octanol–water partition coefficient (Wildman–Crippen LogP) is 6.94. The van der Waals surface area contributed by atoms with Crippen LogP contribution in [0.3, 0.4) is 0 Å². The van der Waals surface area contributed by atoms with E-state index in [2.05, 4.69) is 130 Å². The highest BCUT2D eigenvalue weighted by Crippen LogP contribution is 2.37. The van der Waals surface area contributed by atoms with Gasteiger partial charge in [-0.2, -0.15) is 0 Å². The standard InChI is InChI=1S/C33H30NOP/c1-33(2,3)31-22-35-32(34-31)29-14-8-9-15-30(29)36(27-18-16-23-10-4-6-12-25(23)20-27)28-19-17-24-11-5-7-13-26(24)21-28/h4-21,31H,22H2,1-3H3/t31-/m1/s1. The van der Waals surface area contributed by atoms with Gasteiger partial charge < -0.3 is 4.74 Å². The first-order valence-electron chi connectivity index (χ1n) is 12.6. The van der Waals surface area contributed by atoms with E-state index in [-0.39, 0.29) is 11.5 Å². The van der Waals surface area contributed by atoms with Crippen LogP contribution in [0.25, 0.3) is 21.5 Å². The molecule has 0 bridgehead atoms. The lowest BCUT2D eigenvalue weighted by molar-refractivity contribution is 0.236. The Balaban J connectivity index is 1.55. The minimum absolute atomic E-state index is 0.0676. The molecule has 0 aliphatic carbocycles. The highest BCUT2D eigenvalue weighted by molar-refractivity contribution is 7.80. The summed E-state index contributed by atoms with van der Waals surface area (Å²) >= 11 is 0. The Kier molecular flexibility index (Phi) is 5.86. The second-order valence-electron chi connectivity index (χ2n) is 10.5. The number of hydrogen-bond acceptors (Lipinski definition) is 2. The molecule has 178 valence electrons. The van der Waals surface area contributed by atoms with E-state index in [0.717, 1.165) is 11.5 Å². The summed E-state index contributed by atoms with van der Waals surface area (Å²) in [5.74, 6) is 0.777. The Hall–Kier alpha value is -3.48. The van der Waals surface area contributed by atoms with Gasteiger partial charge in [0.2, 0.25) is 5.90 Å². The fourth-order valence-corrected chi connectivity index (χ4v) is 7.36. The quantitative estimate of drug-likeness (QED) is 0.252. The molecular formula is C33H30NOP. The molecule has 3 heteroatoms. The molecule has 0 radical (unpaired) electrons. The van der Waals surface area contributed by atoms with Gasteiger partial charge in [-0.3, -0.25) is 0 Å². The van der Waals surface area contributed by atoms with Crippen LogP contribution in [0.4, 0.5) is 0 Å². The Morgan fingerprint density at radius 1 is 0.667 bits per heavy atom. The van der Waals surface area contributed by atoms with Crippen molar-refractivity contribution in [1.82, 2.24) is 0 Å². The molecule has 0 fully saturated rings. The van der Waals surface area contributed by atoms with Gasteiger partial charge in [-0.1, -0.05) is 112 Å². The molecule has 0 saturated heterocycles. The normalized spacial score (nSPS) is 15.9. The molecule has 2 nitrogen and oxygen atoms in total. The lowest BCUT2D eigenvalue weighted by Crippen LogP contribution is -2.25. The molecule has 5 aromatic rings. The number of ether oxygens (including phenoxy) is 1. The Labute approximate surface area is 214 Å². The second kappa shape index (κ2) is 9.19. The minimum atomic E-state index is -0.833. The van der Waals surface area contributed by atoms with Crippen LogP contribution in [0, 0.1) is 5.41 Å². The fraction of sp³-hybridized carbons (Fsp3) is 0.182. The second-order valence-corrected chi connectivity index (χ2v) is 12.7. The average molecular weight is 488 g/mol. The van der Waals surface area contributed by atoms with Gasteiger partial charge in [0.25, 0.3) is 0 Å². The van der Waals surface area contributed by atoms with E-state index in [1.807, 2.05) is 0 Å². The maximum absolute atomic E-state index is 6.24. The zero-order valence-electron chi connectivity index (χ0n) is 21.0. The Morgan fingerprint density at radius 2 is 1.19 bits per heavy atom. The molecule has 5 aromatic carbocycles. The summed E-state index contributed by atoms with van der Waals surface area (Å²) in [6.07, 6.45) is 0. The molecule has 0 saturated carbocycles. The molecule has 0 aromatic heterocycles. The number of hydrogen-bond donors (Lipinski definition) is 0. The van der Waals surface area contributed by atoms with Gasteiger partial charge in [0.1, 0.15) is 6.61 Å². The van der Waals surface area contributed by atoms with E-state index in [0.29, 0.717) is 6.61 Å². The maximum Gasteiger partial charge on any atom is 0.217 e. The smallest absolute Gasteiger partial charge is 0.217 e. The van der Waals surface area contributed by atoms with E-state index in [4.69, 9.17) is 9.73 Å². The molecule has 1 atom stereocenters. The van der Waals surface area contributed by atoms with Crippen molar-refractivity contribution in [3.05, 3.63) is 115 Å². The highest BCUT2D eigenvalue weighted by Gasteiger charge is 2.32. The summed E-state index contributed by atoms with van der Waals surface area (Å²) in [5.41, 5.74) is 1.18. The number of benzene rings is 5. The van der Waals surface area contributed by atoms with E-state index >= 15 is 0 Å². The van der Waals surface area contributed by atoms with Gasteiger partial charge in [-0.05, 0) is 69.0 Å². The molecule has 0 N–H and O–H groups in total. The summed E-state index contributed by atoms with van der Waals surface area (Å²) < 4.78 is 6.24. The summed E-state index contributed by atoms with van der Waals surface area (Å²) in [4.78, 5) is 5.06. The van der Waals surface area contributed by atoms with Crippen LogP contribution in [0.15, 0.2) is 114 Å². The first-order chi connectivity index (χ1) is 17.5. The van der Waals surface area contributed by atoms with Crippen molar-refractivity contribution in [1.29, 1.82) is 0 Å². The average Bonchev–Trinajstić information content (AvgIpc) is 3.40. The van der Waals surface area contributed by atoms with Crippen LogP contribution >= 0.6 is 7.92 Å². The van der Waals surface area contributed by atoms with Crippen molar-refractivity contribution < 1.29 is 4.74 Å². The van der Waals surface area contributed by atoms with Crippen molar-refractivity contribution in [3.8, 4) is 0 Å². The van der Waals surface area contributed by atoms with Crippen LogP contribution < -0.4 is 15.9 Å². The monoisotopic (exact) mass is 487 g/mol. The molecule has 1 heterocycles. The lowest BCUT2D eigenvalue weighted by atomic mass is 9.88. The van der Waals surface area contributed by atoms with Gasteiger partial charge in [-0.25, -0.2) is 4.99 Å². The van der Waals surface area contributed by atoms with E-state index in [1.165, 1.54) is 37.5 Å². The Morgan fingerprint density at radius 3 is 1.75 bits per heavy atom. The van der Waals surface area contributed by atoms with Crippen LogP contribution in [0.5, 0.6) is 0 Å². The summed E-state index contributed by atoms with van der Waals surface area (Å²) in [6, 6.07) is 39.9. The summed E-state index contributed by atoms with van der Waals surface area (Å²) in [6.45, 7) is 7.33. The largest absolute Gasteiger partial charge is 0.475 e. The zero-order valence-corrected chi connectivity index (χ0v) is 21.9. The van der Waals surface area contributed by atoms with Crippen molar-refractivity contribution in [2.24, 2.45) is 10.4 Å². The molecule has 0 spiro atoms. The first kappa shape index (κ1) is 23.0. The van der Waals surface area contributed by atoms with E-state index in [9.17, 15) is 0 Å². The molecule has 0 unspecified atom stereocenters. The number of aliphatic imine (C=N–C) groups is 1. The van der Waals surface area contributed by atoms with Gasteiger partial charge in [0.15, 0.2) is 0 Å². The number of fused-ring (bicyclic) bond motifs is 2. The SMILES string of the molecule is CC(C)(C)[C@H]1COC(c2ccccc2P(c2ccc3ccccc3c2)c2ccc3ccccc3c2)=N1. The van der Waals surface area contributed by atoms with E-state index < -0.39 is 7.92 Å². The highest BCUT2D eigenvalue weighted by atomic mass is 31.1. The maximum atomic E-state index is 6.24. The number of rotatable bonds is 4. The molecule has 1 aliphatic heterocycles. The predicted molar refractivity (Wildman–Crippen MR) is 156 cm³/mol. The van der Waals surface area contributed by atoms with Gasteiger partial charge >= 0.3 is 0 Å². The molecule has 36 heavy (non-hydrogen) atoms. The van der Waals surface area contributed by atoms with Gasteiger partial charge in [0, 0.05) is 5.56 Å². The molecule has 0 amide bonds. The zero-order chi connectivity index (χ0) is 24.7. The van der Waals surface area contributed by atoms with Crippen LogP contribution in [0.2, 0.25) is 0 Å². The van der Waals surface area contributed by atoms with Crippen molar-refractivity contribution in [2.75, 3.05) is 6.61 Å². The fourth-order valence-electron chi connectivity index (χ4n) is 4.87. The number of nitrogens with zero attached hydrogens (tertiary/aromatic N) is 1. The van der Waals surface area contributed by atoms with Gasteiger partial charge in [0.05, 0.1) is 6.04 Å². The Bertz CT molecular complexity index is 1520. The third-order valence-corrected chi connectivity index (χ3v) is 9.47. The van der Waals surface area contributed by atoms with Crippen molar-refractivity contribution in [2.45, 2.75) is 26.8 Å². The minimum Gasteiger partial charge on any atom is -0.475 e. The third kappa shape index (κ3) is 4.31. The molecule has 1 aliphatic rings. The first-order valence-corrected chi connectivity index (χ1v) is 13.9. The third-order valence-electron chi connectivity index (χ3n) is 7.01. The van der Waals surface area contributed by atoms with Crippen LogP contribution in [-0.4, -0.2) is 18.5 Å². The van der Waals surface area contributed by atoms with Gasteiger partial charge in [-0.15, -0.1) is 0 Å². The molecule has 6 rings (SSSR count). The summed E-state index contributed by atoms with van der Waals surface area (Å²) in [7, 11) is -0.833. The van der Waals surface area contributed by atoms with Crippen molar-refractivity contribution in [3.63, 3.8) is 0 Å². The molecular weight excluding hydrogens is 457 g/mol.